The Balaban J connectivity index is 3.09. The molecule has 0 amide bonds. The Morgan fingerprint density at radius 1 is 1.44 bits per heavy atom. The molecule has 0 saturated heterocycles. The monoisotopic (exact) mass is 242 g/mol. The molecule has 6 nitrogen and oxygen atoms in total. The minimum Gasteiger partial charge on any atom is -0.479 e. The van der Waals surface area contributed by atoms with Crippen molar-refractivity contribution in [3.05, 3.63) is 6.33 Å². The number of ether oxygens (including phenoxy) is 2. The first-order chi connectivity index (χ1) is 7.54. The second-order valence-electron chi connectivity index (χ2n) is 3.22. The molecule has 0 unspecified atom stereocenters. The average Bonchev–Trinajstić information content (AvgIpc) is 2.19. The van der Waals surface area contributed by atoms with E-state index in [1.54, 1.807) is 0 Å². The summed E-state index contributed by atoms with van der Waals surface area (Å²) in [4.78, 5) is 7.92. The van der Waals surface area contributed by atoms with Crippen molar-refractivity contribution in [2.45, 2.75) is 20.0 Å². The number of hydrogen-bond acceptors (Lipinski definition) is 5. The van der Waals surface area contributed by atoms with Crippen molar-refractivity contribution in [1.82, 2.24) is 9.97 Å². The van der Waals surface area contributed by atoms with Crippen LogP contribution < -0.4 is 20.5 Å². The van der Waals surface area contributed by atoms with Crippen molar-refractivity contribution in [3.8, 4) is 11.8 Å². The minimum atomic E-state index is -0.0218. The molecule has 0 aromatic carbocycles. The topological polar surface area (TPSA) is 82.3 Å². The van der Waals surface area contributed by atoms with E-state index in [9.17, 15) is 0 Å². The molecule has 0 radical (unpaired) electrons. The summed E-state index contributed by atoms with van der Waals surface area (Å²) in [5, 5.41) is 2.83. The van der Waals surface area contributed by atoms with Crippen LogP contribution in [-0.2, 0) is 0 Å². The highest BCUT2D eigenvalue weighted by Crippen LogP contribution is 2.30. The molecule has 0 saturated carbocycles. The summed E-state index contributed by atoms with van der Waals surface area (Å²) in [6, 6.07) is 0. The van der Waals surface area contributed by atoms with Crippen molar-refractivity contribution in [1.29, 1.82) is 0 Å². The molecule has 16 heavy (non-hydrogen) atoms. The second-order valence-corrected chi connectivity index (χ2v) is 3.66. The molecule has 88 valence electrons. The molecule has 1 rings (SSSR count). The van der Waals surface area contributed by atoms with Gasteiger partial charge >= 0.3 is 0 Å². The first-order valence-electron chi connectivity index (χ1n) is 4.66. The third-order valence-electron chi connectivity index (χ3n) is 1.57. The lowest BCUT2D eigenvalue weighted by atomic mass is 10.4. The van der Waals surface area contributed by atoms with Crippen molar-refractivity contribution in [2.75, 3.05) is 12.4 Å². The lowest BCUT2D eigenvalue weighted by molar-refractivity contribution is 0.232. The van der Waals surface area contributed by atoms with E-state index in [0.29, 0.717) is 17.4 Å². The molecular formula is C9H14N4O2S. The van der Waals surface area contributed by atoms with Crippen molar-refractivity contribution in [2.24, 2.45) is 5.73 Å². The molecular weight excluding hydrogens is 228 g/mol. The van der Waals surface area contributed by atoms with Crippen LogP contribution in [-0.4, -0.2) is 28.3 Å². The Kier molecular flexibility index (Phi) is 4.24. The van der Waals surface area contributed by atoms with Crippen LogP contribution in [0.15, 0.2) is 6.33 Å². The lowest BCUT2D eigenvalue weighted by Gasteiger charge is -2.15. The summed E-state index contributed by atoms with van der Waals surface area (Å²) in [7, 11) is 1.49. The number of nitrogens with zero attached hydrogens (tertiary/aromatic N) is 2. The predicted octanol–water partition coefficient (Wildman–Crippen LogP) is 0.928. The first-order valence-corrected chi connectivity index (χ1v) is 5.07. The van der Waals surface area contributed by atoms with E-state index < -0.39 is 0 Å². The normalized spacial score (nSPS) is 10.0. The molecule has 0 spiro atoms. The minimum absolute atomic E-state index is 0.0218. The van der Waals surface area contributed by atoms with Crippen molar-refractivity contribution < 1.29 is 9.47 Å². The van der Waals surface area contributed by atoms with Gasteiger partial charge in [0.15, 0.2) is 10.8 Å². The molecule has 0 aliphatic carbocycles. The number of hydrogen-bond donors (Lipinski definition) is 2. The molecule has 0 bridgehead atoms. The Morgan fingerprint density at radius 2 is 2.06 bits per heavy atom. The van der Waals surface area contributed by atoms with Crippen LogP contribution in [0.1, 0.15) is 13.8 Å². The quantitative estimate of drug-likeness (QED) is 0.760. The zero-order chi connectivity index (χ0) is 12.1. The predicted molar refractivity (Wildman–Crippen MR) is 64.8 cm³/mol. The molecule has 0 atom stereocenters. The maximum atomic E-state index is 5.48. The molecule has 0 aliphatic heterocycles. The summed E-state index contributed by atoms with van der Waals surface area (Å²) >= 11 is 4.76. The van der Waals surface area contributed by atoms with Gasteiger partial charge in [-0.2, -0.15) is 9.97 Å². The Bertz CT molecular complexity index is 384. The van der Waals surface area contributed by atoms with E-state index in [-0.39, 0.29) is 11.2 Å². The standard InChI is InChI=1S/C9H14N4O2S/c1-5(2)15-8-6(13-9(10)16)7(14-3)11-4-12-8/h4-5H,1-3H3,(H3,10,13,16). The van der Waals surface area contributed by atoms with Gasteiger partial charge in [0, 0.05) is 0 Å². The third kappa shape index (κ3) is 3.20. The molecule has 3 N–H and O–H groups in total. The summed E-state index contributed by atoms with van der Waals surface area (Å²) < 4.78 is 10.5. The molecule has 1 aromatic rings. The fourth-order valence-corrected chi connectivity index (χ4v) is 1.15. The second kappa shape index (κ2) is 5.45. The number of nitrogens with one attached hydrogen (secondary N) is 1. The van der Waals surface area contributed by atoms with E-state index in [4.69, 9.17) is 27.4 Å². The molecule has 0 aliphatic rings. The summed E-state index contributed by atoms with van der Waals surface area (Å²) in [5.41, 5.74) is 5.84. The van der Waals surface area contributed by atoms with Crippen LogP contribution in [0.2, 0.25) is 0 Å². The smallest absolute Gasteiger partial charge is 0.245 e. The number of thiocarbonyl (C=S) groups is 1. The van der Waals surface area contributed by atoms with Crippen molar-refractivity contribution >= 4 is 23.0 Å². The zero-order valence-electron chi connectivity index (χ0n) is 9.35. The van der Waals surface area contributed by atoms with Gasteiger partial charge in [-0.25, -0.2) is 0 Å². The van der Waals surface area contributed by atoms with E-state index in [1.807, 2.05) is 13.8 Å². The highest BCUT2D eigenvalue weighted by atomic mass is 32.1. The van der Waals surface area contributed by atoms with Gasteiger partial charge in [-0.15, -0.1) is 0 Å². The van der Waals surface area contributed by atoms with E-state index in [0.717, 1.165) is 0 Å². The highest BCUT2D eigenvalue weighted by Gasteiger charge is 2.14. The molecule has 1 aromatic heterocycles. The number of rotatable bonds is 4. The average molecular weight is 242 g/mol. The van der Waals surface area contributed by atoms with Crippen LogP contribution in [0, 0.1) is 0 Å². The van der Waals surface area contributed by atoms with E-state index in [1.165, 1.54) is 13.4 Å². The van der Waals surface area contributed by atoms with Crippen molar-refractivity contribution in [3.63, 3.8) is 0 Å². The summed E-state index contributed by atoms with van der Waals surface area (Å²) in [5.74, 6) is 0.688. The van der Waals surface area contributed by atoms with E-state index >= 15 is 0 Å². The van der Waals surface area contributed by atoms with Gasteiger partial charge in [0.05, 0.1) is 13.2 Å². The van der Waals surface area contributed by atoms with Gasteiger partial charge in [0.2, 0.25) is 11.8 Å². The Labute approximate surface area is 99.2 Å². The van der Waals surface area contributed by atoms with Gasteiger partial charge in [0.25, 0.3) is 0 Å². The first kappa shape index (κ1) is 12.4. The maximum absolute atomic E-state index is 5.48. The Morgan fingerprint density at radius 3 is 2.56 bits per heavy atom. The largest absolute Gasteiger partial charge is 0.479 e. The van der Waals surface area contributed by atoms with Crippen LogP contribution in [0.3, 0.4) is 0 Å². The zero-order valence-corrected chi connectivity index (χ0v) is 10.2. The SMILES string of the molecule is COc1ncnc(OC(C)C)c1NC(N)=S. The third-order valence-corrected chi connectivity index (χ3v) is 1.67. The van der Waals surface area contributed by atoms with Crippen LogP contribution >= 0.6 is 12.2 Å². The maximum Gasteiger partial charge on any atom is 0.245 e. The molecule has 0 fully saturated rings. The molecule has 1 heterocycles. The molecule has 7 heteroatoms. The number of nitrogens with two attached hydrogens (primary N) is 1. The highest BCUT2D eigenvalue weighted by molar-refractivity contribution is 7.80. The fourth-order valence-electron chi connectivity index (χ4n) is 1.05. The van der Waals surface area contributed by atoms with Crippen LogP contribution in [0.5, 0.6) is 11.8 Å². The van der Waals surface area contributed by atoms with Gasteiger partial charge in [0.1, 0.15) is 6.33 Å². The number of aromatic nitrogens is 2. The van der Waals surface area contributed by atoms with Crippen LogP contribution in [0.4, 0.5) is 5.69 Å². The summed E-state index contributed by atoms with van der Waals surface area (Å²) in [6.45, 7) is 3.78. The van der Waals surface area contributed by atoms with Crippen LogP contribution in [0.25, 0.3) is 0 Å². The number of anilines is 1. The summed E-state index contributed by atoms with van der Waals surface area (Å²) in [6.07, 6.45) is 1.33. The fraction of sp³-hybridized carbons (Fsp3) is 0.444. The van der Waals surface area contributed by atoms with Gasteiger partial charge < -0.3 is 20.5 Å². The number of methoxy groups -OCH3 is 1. The van der Waals surface area contributed by atoms with Gasteiger partial charge in [-0.05, 0) is 26.1 Å². The van der Waals surface area contributed by atoms with E-state index in [2.05, 4.69) is 15.3 Å². The van der Waals surface area contributed by atoms with Gasteiger partial charge in [-0.1, -0.05) is 0 Å². The Hall–Kier alpha value is -1.63. The van der Waals surface area contributed by atoms with Gasteiger partial charge in [-0.3, -0.25) is 0 Å². The lowest BCUT2D eigenvalue weighted by Crippen LogP contribution is -2.21.